The third kappa shape index (κ3) is 2.88. The fraction of sp³-hybridized carbons (Fsp3) is 0.727. The van der Waals surface area contributed by atoms with Gasteiger partial charge in [-0.25, -0.2) is 4.98 Å². The van der Waals surface area contributed by atoms with Gasteiger partial charge in [0.05, 0.1) is 0 Å². The number of anilines is 1. The van der Waals surface area contributed by atoms with Gasteiger partial charge in [0, 0.05) is 25.9 Å². The summed E-state index contributed by atoms with van der Waals surface area (Å²) in [5, 5.41) is 0. The number of nitrogens with zero attached hydrogens (tertiary/aromatic N) is 4. The van der Waals surface area contributed by atoms with E-state index in [0.29, 0.717) is 11.8 Å². The first-order chi connectivity index (χ1) is 6.91. The molecule has 0 unspecified atom stereocenters. The van der Waals surface area contributed by atoms with Crippen molar-refractivity contribution in [2.24, 2.45) is 0 Å². The van der Waals surface area contributed by atoms with Crippen molar-refractivity contribution < 1.29 is 0 Å². The first-order valence-electron chi connectivity index (χ1n) is 5.35. The maximum Gasteiger partial charge on any atom is 0.228 e. The lowest BCUT2D eigenvalue weighted by molar-refractivity contribution is 0.689. The molecule has 0 spiro atoms. The van der Waals surface area contributed by atoms with E-state index >= 15 is 0 Å². The van der Waals surface area contributed by atoms with Crippen LogP contribution in [0.5, 0.6) is 0 Å². The summed E-state index contributed by atoms with van der Waals surface area (Å²) in [7, 11) is 3.90. The second-order valence-electron chi connectivity index (χ2n) is 4.56. The molecule has 0 saturated carbocycles. The summed E-state index contributed by atoms with van der Waals surface area (Å²) in [6.07, 6.45) is 0. The Morgan fingerprint density at radius 3 is 1.47 bits per heavy atom. The van der Waals surface area contributed by atoms with E-state index in [0.717, 1.165) is 17.6 Å². The molecular weight excluding hydrogens is 188 g/mol. The first kappa shape index (κ1) is 11.9. The molecule has 0 N–H and O–H groups in total. The Labute approximate surface area is 91.8 Å². The molecule has 84 valence electrons. The molecule has 0 atom stereocenters. The summed E-state index contributed by atoms with van der Waals surface area (Å²) in [4.78, 5) is 15.2. The molecular formula is C11H20N4. The van der Waals surface area contributed by atoms with E-state index in [-0.39, 0.29) is 0 Å². The van der Waals surface area contributed by atoms with Crippen molar-refractivity contribution in [2.45, 2.75) is 39.5 Å². The van der Waals surface area contributed by atoms with E-state index in [4.69, 9.17) is 0 Å². The van der Waals surface area contributed by atoms with E-state index in [1.807, 2.05) is 19.0 Å². The summed E-state index contributed by atoms with van der Waals surface area (Å²) >= 11 is 0. The van der Waals surface area contributed by atoms with Crippen LogP contribution in [0.1, 0.15) is 51.2 Å². The van der Waals surface area contributed by atoms with E-state index in [9.17, 15) is 0 Å². The molecule has 15 heavy (non-hydrogen) atoms. The van der Waals surface area contributed by atoms with Crippen LogP contribution in [0.25, 0.3) is 0 Å². The molecule has 0 aliphatic carbocycles. The largest absolute Gasteiger partial charge is 0.347 e. The van der Waals surface area contributed by atoms with Gasteiger partial charge >= 0.3 is 0 Å². The van der Waals surface area contributed by atoms with Crippen LogP contribution in [-0.2, 0) is 0 Å². The second kappa shape index (κ2) is 4.55. The Bertz CT molecular complexity index is 267. The van der Waals surface area contributed by atoms with Crippen molar-refractivity contribution in [3.8, 4) is 0 Å². The van der Waals surface area contributed by atoms with Gasteiger partial charge < -0.3 is 4.90 Å². The van der Waals surface area contributed by atoms with Gasteiger partial charge in [0.15, 0.2) is 0 Å². The van der Waals surface area contributed by atoms with Crippen LogP contribution in [0.3, 0.4) is 0 Å². The van der Waals surface area contributed by atoms with Gasteiger partial charge in [0.2, 0.25) is 5.95 Å². The summed E-state index contributed by atoms with van der Waals surface area (Å²) in [6, 6.07) is 0. The highest BCUT2D eigenvalue weighted by Gasteiger charge is 2.12. The fourth-order valence-corrected chi connectivity index (χ4v) is 1.11. The smallest absolute Gasteiger partial charge is 0.228 e. The van der Waals surface area contributed by atoms with Gasteiger partial charge in [-0.1, -0.05) is 27.7 Å². The molecule has 1 aromatic rings. The number of hydrogen-bond acceptors (Lipinski definition) is 4. The van der Waals surface area contributed by atoms with Crippen LogP contribution >= 0.6 is 0 Å². The van der Waals surface area contributed by atoms with Crippen molar-refractivity contribution >= 4 is 5.95 Å². The number of rotatable bonds is 3. The molecule has 4 nitrogen and oxygen atoms in total. The van der Waals surface area contributed by atoms with Crippen molar-refractivity contribution in [3.05, 3.63) is 11.6 Å². The quantitative estimate of drug-likeness (QED) is 0.763. The zero-order valence-corrected chi connectivity index (χ0v) is 10.4. The van der Waals surface area contributed by atoms with Crippen molar-refractivity contribution in [1.29, 1.82) is 0 Å². The van der Waals surface area contributed by atoms with E-state index in [1.54, 1.807) is 0 Å². The molecule has 1 rings (SSSR count). The lowest BCUT2D eigenvalue weighted by Gasteiger charge is -2.15. The van der Waals surface area contributed by atoms with Crippen molar-refractivity contribution in [3.63, 3.8) is 0 Å². The van der Waals surface area contributed by atoms with Gasteiger partial charge in [-0.3, -0.25) is 0 Å². The average molecular weight is 208 g/mol. The maximum absolute atomic E-state index is 4.47. The Morgan fingerprint density at radius 2 is 1.20 bits per heavy atom. The summed E-state index contributed by atoms with van der Waals surface area (Å²) < 4.78 is 0. The predicted molar refractivity (Wildman–Crippen MR) is 62.3 cm³/mol. The summed E-state index contributed by atoms with van der Waals surface area (Å²) in [5.74, 6) is 3.17. The summed E-state index contributed by atoms with van der Waals surface area (Å²) in [5.41, 5.74) is 0. The molecule has 0 amide bonds. The van der Waals surface area contributed by atoms with Gasteiger partial charge in [-0.2, -0.15) is 9.97 Å². The molecule has 0 aliphatic heterocycles. The molecule has 0 aliphatic rings. The fourth-order valence-electron chi connectivity index (χ4n) is 1.11. The lowest BCUT2D eigenvalue weighted by Crippen LogP contribution is -2.17. The van der Waals surface area contributed by atoms with Gasteiger partial charge in [0.25, 0.3) is 0 Å². The van der Waals surface area contributed by atoms with E-state index in [2.05, 4.69) is 42.6 Å². The predicted octanol–water partition coefficient (Wildman–Crippen LogP) is 2.18. The maximum atomic E-state index is 4.47. The van der Waals surface area contributed by atoms with Gasteiger partial charge in [0.1, 0.15) is 11.6 Å². The van der Waals surface area contributed by atoms with Crippen molar-refractivity contribution in [2.75, 3.05) is 19.0 Å². The van der Waals surface area contributed by atoms with Crippen LogP contribution in [0.4, 0.5) is 5.95 Å². The number of hydrogen-bond donors (Lipinski definition) is 0. The van der Waals surface area contributed by atoms with Crippen LogP contribution in [0.15, 0.2) is 0 Å². The molecule has 0 saturated heterocycles. The van der Waals surface area contributed by atoms with Gasteiger partial charge in [-0.15, -0.1) is 0 Å². The Hall–Kier alpha value is -1.19. The Balaban J connectivity index is 3.20. The minimum atomic E-state index is 0.337. The zero-order valence-electron chi connectivity index (χ0n) is 10.4. The van der Waals surface area contributed by atoms with Crippen molar-refractivity contribution in [1.82, 2.24) is 15.0 Å². The molecule has 1 heterocycles. The molecule has 0 fully saturated rings. The molecule has 0 bridgehead atoms. The molecule has 4 heteroatoms. The van der Waals surface area contributed by atoms with E-state index < -0.39 is 0 Å². The SMILES string of the molecule is CC(C)c1nc(C(C)C)nc(N(C)C)n1. The zero-order chi connectivity index (χ0) is 11.6. The third-order valence-electron chi connectivity index (χ3n) is 2.09. The van der Waals surface area contributed by atoms with Crippen LogP contribution in [0.2, 0.25) is 0 Å². The molecule has 1 aromatic heterocycles. The lowest BCUT2D eigenvalue weighted by atomic mass is 10.2. The minimum Gasteiger partial charge on any atom is -0.347 e. The van der Waals surface area contributed by atoms with Crippen LogP contribution < -0.4 is 4.90 Å². The highest BCUT2D eigenvalue weighted by molar-refractivity contribution is 5.27. The highest BCUT2D eigenvalue weighted by Crippen LogP contribution is 2.16. The summed E-state index contributed by atoms with van der Waals surface area (Å²) in [6.45, 7) is 8.38. The molecule has 0 radical (unpaired) electrons. The van der Waals surface area contributed by atoms with Gasteiger partial charge in [-0.05, 0) is 0 Å². The highest BCUT2D eigenvalue weighted by atomic mass is 15.2. The Morgan fingerprint density at radius 1 is 0.800 bits per heavy atom. The monoisotopic (exact) mass is 208 g/mol. The van der Waals surface area contributed by atoms with Crippen LogP contribution in [0, 0.1) is 0 Å². The minimum absolute atomic E-state index is 0.337. The number of aromatic nitrogens is 3. The van der Waals surface area contributed by atoms with Crippen LogP contribution in [-0.4, -0.2) is 29.0 Å². The standard InChI is InChI=1S/C11H20N4/c1-7(2)9-12-10(8(3)4)14-11(13-9)15(5)6/h7-8H,1-6H3. The molecule has 0 aromatic carbocycles. The Kier molecular flexibility index (Phi) is 3.61. The van der Waals surface area contributed by atoms with E-state index in [1.165, 1.54) is 0 Å². The topological polar surface area (TPSA) is 41.9 Å². The average Bonchev–Trinajstić information content (AvgIpc) is 2.16. The first-order valence-corrected chi connectivity index (χ1v) is 5.35. The normalized spacial score (nSPS) is 11.2. The second-order valence-corrected chi connectivity index (χ2v) is 4.56. The third-order valence-corrected chi connectivity index (χ3v) is 2.09.